The molecule has 0 atom stereocenters. The molecular formula is C21H20N2O5. The topological polar surface area (TPSA) is 109 Å². The van der Waals surface area contributed by atoms with Gasteiger partial charge in [-0.1, -0.05) is 13.0 Å². The molecule has 0 spiro atoms. The van der Waals surface area contributed by atoms with Crippen LogP contribution in [0.3, 0.4) is 0 Å². The number of hydrogen-bond donors (Lipinski definition) is 2. The lowest BCUT2D eigenvalue weighted by atomic mass is 10.1. The summed E-state index contributed by atoms with van der Waals surface area (Å²) in [6, 6.07) is 12.6. The Balaban J connectivity index is 2.21. The molecule has 0 heterocycles. The number of nitrogens with one attached hydrogen (secondary N) is 1. The number of ether oxygens (including phenoxy) is 2. The minimum absolute atomic E-state index is 0.103. The molecule has 0 saturated heterocycles. The number of hydrogen-bond acceptors (Lipinski definition) is 5. The first kappa shape index (κ1) is 20.5. The summed E-state index contributed by atoms with van der Waals surface area (Å²) < 4.78 is 10.9. The highest BCUT2D eigenvalue weighted by Gasteiger charge is 2.12. The number of rotatable bonds is 8. The quantitative estimate of drug-likeness (QED) is 0.534. The maximum absolute atomic E-state index is 12.4. The highest BCUT2D eigenvalue weighted by Crippen LogP contribution is 2.29. The number of methoxy groups -OCH3 is 1. The number of carboxylic acid groups (broad SMARTS) is 1. The fourth-order valence-corrected chi connectivity index (χ4v) is 2.32. The summed E-state index contributed by atoms with van der Waals surface area (Å²) in [5.74, 6) is -0.569. The standard InChI is InChI=1S/C21H20N2O5/c1-3-10-28-19-12-14(4-9-18(19)27-2)11-16(13-22)20(24)23-17-7-5-15(6-8-17)21(25)26/h4-9,11-12H,3,10H2,1-2H3,(H,23,24)(H,25,26)/b16-11+. The van der Waals surface area contributed by atoms with E-state index in [0.29, 0.717) is 29.4 Å². The van der Waals surface area contributed by atoms with Gasteiger partial charge in [0.15, 0.2) is 11.5 Å². The second kappa shape index (κ2) is 9.78. The lowest BCUT2D eigenvalue weighted by Crippen LogP contribution is -2.13. The number of nitriles is 1. The minimum atomic E-state index is -1.06. The number of amides is 1. The molecule has 7 nitrogen and oxygen atoms in total. The van der Waals surface area contributed by atoms with Gasteiger partial charge in [-0.3, -0.25) is 4.79 Å². The number of carbonyl (C=O) groups excluding carboxylic acids is 1. The van der Waals surface area contributed by atoms with Crippen molar-refractivity contribution in [2.45, 2.75) is 13.3 Å². The second-order valence-electron chi connectivity index (χ2n) is 5.77. The van der Waals surface area contributed by atoms with Crippen LogP contribution in [0.5, 0.6) is 11.5 Å². The van der Waals surface area contributed by atoms with Crippen LogP contribution in [0.2, 0.25) is 0 Å². The Bertz CT molecular complexity index is 927. The summed E-state index contributed by atoms with van der Waals surface area (Å²) in [5, 5.41) is 20.8. The van der Waals surface area contributed by atoms with Crippen LogP contribution < -0.4 is 14.8 Å². The van der Waals surface area contributed by atoms with E-state index in [9.17, 15) is 14.9 Å². The van der Waals surface area contributed by atoms with Crippen LogP contribution in [0.4, 0.5) is 5.69 Å². The molecular weight excluding hydrogens is 360 g/mol. The summed E-state index contributed by atoms with van der Waals surface area (Å²) >= 11 is 0. The zero-order valence-electron chi connectivity index (χ0n) is 15.6. The number of nitrogens with zero attached hydrogens (tertiary/aromatic N) is 1. The molecule has 144 valence electrons. The molecule has 2 rings (SSSR count). The van der Waals surface area contributed by atoms with Crippen molar-refractivity contribution in [1.82, 2.24) is 0 Å². The van der Waals surface area contributed by atoms with Crippen LogP contribution >= 0.6 is 0 Å². The van der Waals surface area contributed by atoms with E-state index < -0.39 is 11.9 Å². The van der Waals surface area contributed by atoms with Crippen LogP contribution in [0.25, 0.3) is 6.08 Å². The third kappa shape index (κ3) is 5.35. The molecule has 2 aromatic rings. The Morgan fingerprint density at radius 2 is 1.89 bits per heavy atom. The molecule has 1 amide bonds. The van der Waals surface area contributed by atoms with Crippen LogP contribution in [0.1, 0.15) is 29.3 Å². The highest BCUT2D eigenvalue weighted by atomic mass is 16.5. The van der Waals surface area contributed by atoms with E-state index >= 15 is 0 Å². The molecule has 2 aromatic carbocycles. The fourth-order valence-electron chi connectivity index (χ4n) is 2.32. The minimum Gasteiger partial charge on any atom is -0.493 e. The SMILES string of the molecule is CCCOc1cc(/C=C(\C#N)C(=O)Nc2ccc(C(=O)O)cc2)ccc1OC. The van der Waals surface area contributed by atoms with Gasteiger partial charge in [-0.2, -0.15) is 5.26 Å². The van der Waals surface area contributed by atoms with E-state index in [1.807, 2.05) is 13.0 Å². The Hall–Kier alpha value is -3.79. The lowest BCUT2D eigenvalue weighted by Gasteiger charge is -2.11. The maximum Gasteiger partial charge on any atom is 0.335 e. The number of anilines is 1. The molecule has 0 bridgehead atoms. The monoisotopic (exact) mass is 380 g/mol. The zero-order chi connectivity index (χ0) is 20.5. The third-order valence-electron chi connectivity index (χ3n) is 3.72. The normalized spacial score (nSPS) is 10.7. The van der Waals surface area contributed by atoms with Crippen molar-refractivity contribution >= 4 is 23.6 Å². The smallest absolute Gasteiger partial charge is 0.335 e. The second-order valence-corrected chi connectivity index (χ2v) is 5.77. The predicted molar refractivity (Wildman–Crippen MR) is 104 cm³/mol. The molecule has 28 heavy (non-hydrogen) atoms. The molecule has 0 fully saturated rings. The molecule has 0 unspecified atom stereocenters. The molecule has 0 saturated carbocycles. The van der Waals surface area contributed by atoms with Crippen LogP contribution in [0.15, 0.2) is 48.0 Å². The molecule has 7 heteroatoms. The van der Waals surface area contributed by atoms with Crippen molar-refractivity contribution in [2.24, 2.45) is 0 Å². The number of benzene rings is 2. The van der Waals surface area contributed by atoms with Gasteiger partial charge < -0.3 is 19.9 Å². The highest BCUT2D eigenvalue weighted by molar-refractivity contribution is 6.09. The average Bonchev–Trinajstić information content (AvgIpc) is 2.70. The molecule has 0 aliphatic heterocycles. The van der Waals surface area contributed by atoms with Gasteiger partial charge in [-0.05, 0) is 54.5 Å². The third-order valence-corrected chi connectivity index (χ3v) is 3.72. The van der Waals surface area contributed by atoms with E-state index in [0.717, 1.165) is 6.42 Å². The summed E-state index contributed by atoms with van der Waals surface area (Å²) in [7, 11) is 1.54. The predicted octanol–water partition coefficient (Wildman–Crippen LogP) is 3.73. The maximum atomic E-state index is 12.4. The Kier molecular flexibility index (Phi) is 7.17. The van der Waals surface area contributed by atoms with E-state index in [1.54, 1.807) is 18.2 Å². The summed E-state index contributed by atoms with van der Waals surface area (Å²) in [4.78, 5) is 23.2. The van der Waals surface area contributed by atoms with Crippen molar-refractivity contribution in [1.29, 1.82) is 5.26 Å². The molecule has 0 aliphatic rings. The largest absolute Gasteiger partial charge is 0.493 e. The van der Waals surface area contributed by atoms with Gasteiger partial charge in [0.2, 0.25) is 0 Å². The Labute approximate surface area is 162 Å². The van der Waals surface area contributed by atoms with Gasteiger partial charge in [0.1, 0.15) is 11.6 Å². The van der Waals surface area contributed by atoms with Crippen molar-refractivity contribution in [2.75, 3.05) is 19.0 Å². The summed E-state index contributed by atoms with van der Waals surface area (Å²) in [5.41, 5.74) is 0.999. The van der Waals surface area contributed by atoms with Crippen molar-refractivity contribution < 1.29 is 24.2 Å². The number of carboxylic acids is 1. The Morgan fingerprint density at radius 3 is 2.46 bits per heavy atom. The van der Waals surface area contributed by atoms with E-state index in [2.05, 4.69) is 5.32 Å². The first-order valence-electron chi connectivity index (χ1n) is 8.55. The molecule has 2 N–H and O–H groups in total. The fraction of sp³-hybridized carbons (Fsp3) is 0.190. The van der Waals surface area contributed by atoms with Crippen molar-refractivity contribution in [3.05, 3.63) is 59.2 Å². The molecule has 0 aliphatic carbocycles. The van der Waals surface area contributed by atoms with Gasteiger partial charge >= 0.3 is 5.97 Å². The van der Waals surface area contributed by atoms with E-state index in [4.69, 9.17) is 14.6 Å². The van der Waals surface area contributed by atoms with E-state index in [-0.39, 0.29) is 11.1 Å². The number of aromatic carboxylic acids is 1. The first-order chi connectivity index (χ1) is 13.5. The van der Waals surface area contributed by atoms with Gasteiger partial charge in [0, 0.05) is 5.69 Å². The van der Waals surface area contributed by atoms with Gasteiger partial charge in [-0.25, -0.2) is 4.79 Å². The average molecular weight is 380 g/mol. The number of carbonyl (C=O) groups is 2. The summed E-state index contributed by atoms with van der Waals surface area (Å²) in [6.45, 7) is 2.50. The van der Waals surface area contributed by atoms with Crippen molar-refractivity contribution in [3.63, 3.8) is 0 Å². The van der Waals surface area contributed by atoms with Crippen molar-refractivity contribution in [3.8, 4) is 17.6 Å². The first-order valence-corrected chi connectivity index (χ1v) is 8.55. The van der Waals surface area contributed by atoms with Gasteiger partial charge in [-0.15, -0.1) is 0 Å². The van der Waals surface area contributed by atoms with Crippen LogP contribution in [0, 0.1) is 11.3 Å². The Morgan fingerprint density at radius 1 is 1.18 bits per heavy atom. The van der Waals surface area contributed by atoms with Gasteiger partial charge in [0.25, 0.3) is 5.91 Å². The van der Waals surface area contributed by atoms with Crippen LogP contribution in [-0.2, 0) is 4.79 Å². The molecule has 0 aromatic heterocycles. The van der Waals surface area contributed by atoms with Crippen LogP contribution in [-0.4, -0.2) is 30.7 Å². The van der Waals surface area contributed by atoms with Gasteiger partial charge in [0.05, 0.1) is 19.3 Å². The summed E-state index contributed by atoms with van der Waals surface area (Å²) in [6.07, 6.45) is 2.27. The zero-order valence-corrected chi connectivity index (χ0v) is 15.6. The lowest BCUT2D eigenvalue weighted by molar-refractivity contribution is -0.112. The molecule has 0 radical (unpaired) electrons. The van der Waals surface area contributed by atoms with E-state index in [1.165, 1.54) is 37.5 Å².